The quantitative estimate of drug-likeness (QED) is 0.732. The molecule has 0 aliphatic rings. The maximum atomic E-state index is 9.23. The number of rotatable bonds is 2. The summed E-state index contributed by atoms with van der Waals surface area (Å²) >= 11 is 0. The van der Waals surface area contributed by atoms with Gasteiger partial charge in [0.1, 0.15) is 0 Å². The van der Waals surface area contributed by atoms with Gasteiger partial charge in [-0.25, -0.2) is 4.98 Å². The lowest BCUT2D eigenvalue weighted by molar-refractivity contribution is 0.194. The summed E-state index contributed by atoms with van der Waals surface area (Å²) in [6.07, 6.45) is 7.30. The molecule has 2 aromatic rings. The Morgan fingerprint density at radius 1 is 1.54 bits per heavy atom. The van der Waals surface area contributed by atoms with Crippen LogP contribution in [0, 0.1) is 0 Å². The van der Waals surface area contributed by atoms with Crippen molar-refractivity contribution in [3.05, 3.63) is 30.5 Å². The lowest BCUT2D eigenvalue weighted by atomic mass is 10.2. The van der Waals surface area contributed by atoms with Crippen molar-refractivity contribution >= 4 is 5.65 Å². The third-order valence-corrected chi connectivity index (χ3v) is 1.90. The van der Waals surface area contributed by atoms with Gasteiger partial charge in [0.25, 0.3) is 0 Å². The largest absolute Gasteiger partial charge is 0.393 e. The highest BCUT2D eigenvalue weighted by Gasteiger charge is 2.04. The molecule has 0 radical (unpaired) electrons. The van der Waals surface area contributed by atoms with Crippen molar-refractivity contribution in [2.75, 3.05) is 0 Å². The van der Waals surface area contributed by atoms with E-state index >= 15 is 0 Å². The lowest BCUT2D eigenvalue weighted by Crippen LogP contribution is -2.06. The minimum absolute atomic E-state index is 0.340. The maximum absolute atomic E-state index is 9.23. The molecule has 68 valence electrons. The molecule has 1 N–H and O–H groups in total. The van der Waals surface area contributed by atoms with Gasteiger partial charge < -0.3 is 9.51 Å². The second kappa shape index (κ2) is 3.14. The molecule has 0 amide bonds. The molecule has 1 atom stereocenters. The summed E-state index contributed by atoms with van der Waals surface area (Å²) in [4.78, 5) is 8.12. The summed E-state index contributed by atoms with van der Waals surface area (Å²) in [5.74, 6) is 0. The molecule has 0 bridgehead atoms. The standard InChI is InChI=1S/C9H11N3O/c1-7(13)4-8-5-11-9-6-10-2-3-12(8)9/h2-3,5-7,13H,4H2,1H3/t7-/m1/s1. The zero-order valence-corrected chi connectivity index (χ0v) is 7.38. The fourth-order valence-electron chi connectivity index (χ4n) is 1.35. The van der Waals surface area contributed by atoms with Crippen LogP contribution in [0.5, 0.6) is 0 Å². The molecule has 4 heteroatoms. The van der Waals surface area contributed by atoms with Gasteiger partial charge in [-0.05, 0) is 6.92 Å². The average Bonchev–Trinajstić information content (AvgIpc) is 2.48. The second-order valence-corrected chi connectivity index (χ2v) is 3.11. The molecule has 0 aromatic carbocycles. The molecule has 0 spiro atoms. The number of nitrogens with zero attached hydrogens (tertiary/aromatic N) is 3. The smallest absolute Gasteiger partial charge is 0.155 e. The number of hydrogen-bond acceptors (Lipinski definition) is 3. The van der Waals surface area contributed by atoms with Crippen LogP contribution in [0.1, 0.15) is 12.6 Å². The van der Waals surface area contributed by atoms with E-state index in [1.165, 1.54) is 0 Å². The minimum atomic E-state index is -0.340. The van der Waals surface area contributed by atoms with Crippen LogP contribution in [0.25, 0.3) is 5.65 Å². The van der Waals surface area contributed by atoms with Crippen molar-refractivity contribution in [1.29, 1.82) is 0 Å². The highest BCUT2D eigenvalue weighted by molar-refractivity contribution is 5.36. The second-order valence-electron chi connectivity index (χ2n) is 3.11. The summed E-state index contributed by atoms with van der Waals surface area (Å²) in [7, 11) is 0. The van der Waals surface area contributed by atoms with Crippen LogP contribution in [0.3, 0.4) is 0 Å². The molecule has 0 aliphatic heterocycles. The molecule has 0 saturated carbocycles. The molecular weight excluding hydrogens is 166 g/mol. The van der Waals surface area contributed by atoms with E-state index < -0.39 is 0 Å². The van der Waals surface area contributed by atoms with E-state index in [2.05, 4.69) is 9.97 Å². The van der Waals surface area contributed by atoms with Crippen LogP contribution >= 0.6 is 0 Å². The van der Waals surface area contributed by atoms with Gasteiger partial charge in [0, 0.05) is 30.7 Å². The average molecular weight is 177 g/mol. The van der Waals surface area contributed by atoms with E-state index in [0.717, 1.165) is 11.3 Å². The minimum Gasteiger partial charge on any atom is -0.393 e. The first-order valence-electron chi connectivity index (χ1n) is 4.21. The molecule has 0 unspecified atom stereocenters. The van der Waals surface area contributed by atoms with Gasteiger partial charge in [0.05, 0.1) is 12.3 Å². The van der Waals surface area contributed by atoms with Gasteiger partial charge >= 0.3 is 0 Å². The van der Waals surface area contributed by atoms with Gasteiger partial charge in [0.15, 0.2) is 5.65 Å². The predicted molar refractivity (Wildman–Crippen MR) is 48.4 cm³/mol. The SMILES string of the molecule is C[C@@H](O)Cc1cnc2cnccn12. The fourth-order valence-corrected chi connectivity index (χ4v) is 1.35. The number of fused-ring (bicyclic) bond motifs is 1. The fraction of sp³-hybridized carbons (Fsp3) is 0.333. The summed E-state index contributed by atoms with van der Waals surface area (Å²) in [6.45, 7) is 1.76. The number of imidazole rings is 1. The van der Waals surface area contributed by atoms with Crippen molar-refractivity contribution in [2.24, 2.45) is 0 Å². The maximum Gasteiger partial charge on any atom is 0.155 e. The predicted octanol–water partition coefficient (Wildman–Crippen LogP) is 0.653. The number of hydrogen-bond donors (Lipinski definition) is 1. The van der Waals surface area contributed by atoms with Crippen LogP contribution < -0.4 is 0 Å². The summed E-state index contributed by atoms with van der Waals surface area (Å²) in [6, 6.07) is 0. The third kappa shape index (κ3) is 1.53. The van der Waals surface area contributed by atoms with Crippen molar-refractivity contribution < 1.29 is 5.11 Å². The van der Waals surface area contributed by atoms with Crippen molar-refractivity contribution in [3.8, 4) is 0 Å². The van der Waals surface area contributed by atoms with Crippen LogP contribution in [0.15, 0.2) is 24.8 Å². The summed E-state index contributed by atoms with van der Waals surface area (Å²) < 4.78 is 1.93. The Balaban J connectivity index is 2.46. The number of aliphatic hydroxyl groups is 1. The molecule has 2 aromatic heterocycles. The zero-order valence-electron chi connectivity index (χ0n) is 7.38. The van der Waals surface area contributed by atoms with Crippen molar-refractivity contribution in [2.45, 2.75) is 19.4 Å². The monoisotopic (exact) mass is 177 g/mol. The van der Waals surface area contributed by atoms with Gasteiger partial charge in [-0.1, -0.05) is 0 Å². The molecule has 2 rings (SSSR count). The van der Waals surface area contributed by atoms with E-state index in [1.54, 1.807) is 25.5 Å². The number of aliphatic hydroxyl groups excluding tert-OH is 1. The highest BCUT2D eigenvalue weighted by atomic mass is 16.3. The van der Waals surface area contributed by atoms with E-state index in [0.29, 0.717) is 6.42 Å². The van der Waals surface area contributed by atoms with Gasteiger partial charge in [0.2, 0.25) is 0 Å². The topological polar surface area (TPSA) is 50.4 Å². The van der Waals surface area contributed by atoms with E-state index in [1.807, 2.05) is 10.6 Å². The molecule has 13 heavy (non-hydrogen) atoms. The van der Waals surface area contributed by atoms with Gasteiger partial charge in [-0.3, -0.25) is 4.98 Å². The third-order valence-electron chi connectivity index (χ3n) is 1.90. The Morgan fingerprint density at radius 2 is 2.38 bits per heavy atom. The van der Waals surface area contributed by atoms with Crippen molar-refractivity contribution in [3.63, 3.8) is 0 Å². The van der Waals surface area contributed by atoms with Gasteiger partial charge in [-0.2, -0.15) is 0 Å². The number of aromatic nitrogens is 3. The van der Waals surface area contributed by atoms with E-state index in [-0.39, 0.29) is 6.10 Å². The molecule has 0 aliphatic carbocycles. The molecule has 0 fully saturated rings. The lowest BCUT2D eigenvalue weighted by Gasteiger charge is -2.02. The first-order chi connectivity index (χ1) is 6.27. The first kappa shape index (κ1) is 8.19. The van der Waals surface area contributed by atoms with E-state index in [9.17, 15) is 5.11 Å². The highest BCUT2D eigenvalue weighted by Crippen LogP contribution is 2.06. The Morgan fingerprint density at radius 3 is 3.15 bits per heavy atom. The Bertz CT molecular complexity index is 408. The molecule has 4 nitrogen and oxygen atoms in total. The van der Waals surface area contributed by atoms with Crippen LogP contribution in [-0.4, -0.2) is 25.6 Å². The van der Waals surface area contributed by atoms with Crippen LogP contribution in [0.2, 0.25) is 0 Å². The zero-order chi connectivity index (χ0) is 9.26. The molecule has 2 heterocycles. The van der Waals surface area contributed by atoms with Crippen molar-refractivity contribution in [1.82, 2.24) is 14.4 Å². The molecular formula is C9H11N3O. The Hall–Kier alpha value is -1.42. The molecule has 0 saturated heterocycles. The van der Waals surface area contributed by atoms with Crippen LogP contribution in [-0.2, 0) is 6.42 Å². The Kier molecular flexibility index (Phi) is 1.98. The summed E-state index contributed by atoms with van der Waals surface area (Å²) in [5.41, 5.74) is 1.82. The Labute approximate surface area is 75.9 Å². The first-order valence-corrected chi connectivity index (χ1v) is 4.21. The van der Waals surface area contributed by atoms with Crippen LogP contribution in [0.4, 0.5) is 0 Å². The normalized spacial score (nSPS) is 13.4. The van der Waals surface area contributed by atoms with Gasteiger partial charge in [-0.15, -0.1) is 0 Å². The summed E-state index contributed by atoms with van der Waals surface area (Å²) in [5, 5.41) is 9.23. The van der Waals surface area contributed by atoms with E-state index in [4.69, 9.17) is 0 Å².